The predicted molar refractivity (Wildman–Crippen MR) is 131 cm³/mol. The summed E-state index contributed by atoms with van der Waals surface area (Å²) in [4.78, 5) is 15.8. The molecule has 2 saturated carbocycles. The average Bonchev–Trinajstić information content (AvgIpc) is 3.33. The SMILES string of the molecule is NCC1CCCC(C2CCN(C(=O)C3CCC4CCC(B(O)O)[N+]5(CCCC5)C4C3)CC2)C1. The summed E-state index contributed by atoms with van der Waals surface area (Å²) in [5.74, 6) is 3.48. The normalized spacial score (nSPS) is 39.4. The lowest BCUT2D eigenvalue weighted by molar-refractivity contribution is -0.963. The highest BCUT2D eigenvalue weighted by Crippen LogP contribution is 2.47. The van der Waals surface area contributed by atoms with Gasteiger partial charge in [0.05, 0.1) is 19.1 Å². The first-order valence-corrected chi connectivity index (χ1v) is 14.2. The Kier molecular flexibility index (Phi) is 7.42. The molecule has 4 N–H and O–H groups in total. The Balaban J connectivity index is 1.20. The second kappa shape index (κ2) is 10.2. The maximum Gasteiger partial charge on any atom is 0.515 e. The number of likely N-dealkylation sites (tertiary alicyclic amines) is 1. The van der Waals surface area contributed by atoms with Gasteiger partial charge in [-0.05, 0) is 75.7 Å². The van der Waals surface area contributed by atoms with Gasteiger partial charge in [-0.25, -0.2) is 0 Å². The van der Waals surface area contributed by atoms with Crippen LogP contribution < -0.4 is 5.73 Å². The molecule has 6 unspecified atom stereocenters. The summed E-state index contributed by atoms with van der Waals surface area (Å²) in [5, 5.41) is 20.4. The Morgan fingerprint density at radius 1 is 0.848 bits per heavy atom. The predicted octanol–water partition coefficient (Wildman–Crippen LogP) is 2.56. The van der Waals surface area contributed by atoms with E-state index in [1.54, 1.807) is 0 Å². The van der Waals surface area contributed by atoms with E-state index in [1.165, 1.54) is 51.4 Å². The van der Waals surface area contributed by atoms with Gasteiger partial charge in [-0.1, -0.05) is 12.8 Å². The first kappa shape index (κ1) is 24.1. The molecule has 7 heteroatoms. The number of hydrogen-bond acceptors (Lipinski definition) is 4. The van der Waals surface area contributed by atoms with E-state index in [2.05, 4.69) is 4.90 Å². The van der Waals surface area contributed by atoms with Crippen molar-refractivity contribution in [2.75, 3.05) is 32.7 Å². The summed E-state index contributed by atoms with van der Waals surface area (Å²) in [6, 6.07) is 0.448. The molecule has 5 rings (SSSR count). The third-order valence-electron chi connectivity index (χ3n) is 10.9. The summed E-state index contributed by atoms with van der Waals surface area (Å²) >= 11 is 0. The van der Waals surface area contributed by atoms with Crippen molar-refractivity contribution < 1.29 is 19.3 Å². The minimum atomic E-state index is -1.22. The summed E-state index contributed by atoms with van der Waals surface area (Å²) in [5.41, 5.74) is 5.97. The molecule has 0 radical (unpaired) electrons. The minimum Gasteiger partial charge on any atom is -0.423 e. The minimum absolute atomic E-state index is 0.0498. The zero-order valence-corrected chi connectivity index (χ0v) is 20.6. The lowest BCUT2D eigenvalue weighted by Gasteiger charge is -2.56. The van der Waals surface area contributed by atoms with E-state index < -0.39 is 7.12 Å². The summed E-state index contributed by atoms with van der Waals surface area (Å²) in [7, 11) is -1.22. The van der Waals surface area contributed by atoms with Gasteiger partial charge in [-0.15, -0.1) is 0 Å². The van der Waals surface area contributed by atoms with E-state index in [1.807, 2.05) is 0 Å². The third kappa shape index (κ3) is 4.64. The Hall–Kier alpha value is -0.625. The van der Waals surface area contributed by atoms with Crippen LogP contribution in [0.3, 0.4) is 0 Å². The number of rotatable bonds is 4. The van der Waals surface area contributed by atoms with Gasteiger partial charge in [0.15, 0.2) is 0 Å². The molecular formula is C26H47BN3O3+. The van der Waals surface area contributed by atoms with E-state index in [9.17, 15) is 14.8 Å². The molecule has 5 aliphatic rings. The monoisotopic (exact) mass is 460 g/mol. The van der Waals surface area contributed by atoms with Crippen molar-refractivity contribution >= 4 is 13.0 Å². The van der Waals surface area contributed by atoms with Crippen LogP contribution in [0.25, 0.3) is 0 Å². The summed E-state index contributed by atoms with van der Waals surface area (Å²) in [6.45, 7) is 4.86. The fourth-order valence-electron chi connectivity index (χ4n) is 9.11. The molecule has 0 bridgehead atoms. The highest BCUT2D eigenvalue weighted by Gasteiger charge is 2.58. The Morgan fingerprint density at radius 2 is 1.58 bits per heavy atom. The van der Waals surface area contributed by atoms with Crippen LogP contribution in [0.5, 0.6) is 0 Å². The molecule has 3 saturated heterocycles. The van der Waals surface area contributed by atoms with E-state index in [4.69, 9.17) is 5.73 Å². The number of piperidine rings is 2. The Bertz CT molecular complexity index is 678. The van der Waals surface area contributed by atoms with Crippen molar-refractivity contribution in [3.8, 4) is 0 Å². The van der Waals surface area contributed by atoms with E-state index in [-0.39, 0.29) is 11.9 Å². The molecule has 3 aliphatic heterocycles. The van der Waals surface area contributed by atoms with Gasteiger partial charge in [0.1, 0.15) is 5.94 Å². The van der Waals surface area contributed by atoms with Crippen molar-refractivity contribution in [2.24, 2.45) is 35.3 Å². The fourth-order valence-corrected chi connectivity index (χ4v) is 9.11. The molecule has 0 aromatic carbocycles. The van der Waals surface area contributed by atoms with Gasteiger partial charge in [-0.2, -0.15) is 0 Å². The zero-order chi connectivity index (χ0) is 23.0. The van der Waals surface area contributed by atoms with Crippen LogP contribution in [-0.2, 0) is 4.79 Å². The standard InChI is InChI=1S/C26H47BN3O3/c28-18-19-4-3-5-22(16-19)20-10-12-29(13-11-20)26(31)23-7-6-21-8-9-25(27(32)33)30(24(21)17-23)14-1-2-15-30/h19-25,32-33H,1-18,28H2/q+1. The molecule has 1 amide bonds. The number of quaternary nitrogens is 1. The van der Waals surface area contributed by atoms with Gasteiger partial charge in [0, 0.05) is 44.2 Å². The van der Waals surface area contributed by atoms with Crippen molar-refractivity contribution in [1.29, 1.82) is 0 Å². The Morgan fingerprint density at radius 3 is 2.27 bits per heavy atom. The Labute approximate surface area is 201 Å². The van der Waals surface area contributed by atoms with Gasteiger partial charge in [0.2, 0.25) is 5.91 Å². The molecule has 3 heterocycles. The molecule has 5 fully saturated rings. The van der Waals surface area contributed by atoms with Gasteiger partial charge in [-0.3, -0.25) is 4.79 Å². The van der Waals surface area contributed by atoms with Gasteiger partial charge < -0.3 is 25.2 Å². The van der Waals surface area contributed by atoms with Crippen LogP contribution in [0.15, 0.2) is 0 Å². The fraction of sp³-hybridized carbons (Fsp3) is 0.962. The van der Waals surface area contributed by atoms with E-state index >= 15 is 0 Å². The highest BCUT2D eigenvalue weighted by molar-refractivity contribution is 6.42. The molecule has 2 aliphatic carbocycles. The molecule has 33 heavy (non-hydrogen) atoms. The third-order valence-corrected chi connectivity index (χ3v) is 10.9. The van der Waals surface area contributed by atoms with Crippen molar-refractivity contribution in [1.82, 2.24) is 4.90 Å². The molecule has 6 atom stereocenters. The summed E-state index contributed by atoms with van der Waals surface area (Å²) < 4.78 is 0.887. The van der Waals surface area contributed by atoms with Gasteiger partial charge >= 0.3 is 7.12 Å². The maximum absolute atomic E-state index is 13.6. The van der Waals surface area contributed by atoms with Crippen LogP contribution in [0.1, 0.15) is 83.5 Å². The van der Waals surface area contributed by atoms with Crippen molar-refractivity contribution in [2.45, 2.75) is 95.5 Å². The maximum atomic E-state index is 13.6. The van der Waals surface area contributed by atoms with E-state index in [0.29, 0.717) is 17.9 Å². The van der Waals surface area contributed by atoms with E-state index in [0.717, 1.165) is 87.1 Å². The van der Waals surface area contributed by atoms with Crippen LogP contribution in [-0.4, -0.2) is 77.2 Å². The van der Waals surface area contributed by atoms with Crippen LogP contribution >= 0.6 is 0 Å². The number of carbonyl (C=O) groups is 1. The van der Waals surface area contributed by atoms with Crippen LogP contribution in [0.2, 0.25) is 0 Å². The lowest BCUT2D eigenvalue weighted by atomic mass is 9.63. The molecule has 6 nitrogen and oxygen atoms in total. The second-order valence-electron chi connectivity index (χ2n) is 12.3. The largest absolute Gasteiger partial charge is 0.515 e. The lowest BCUT2D eigenvalue weighted by Crippen LogP contribution is -2.70. The number of carbonyl (C=O) groups excluding carboxylic acids is 1. The summed E-state index contributed by atoms with van der Waals surface area (Å²) in [6.07, 6.45) is 15.2. The first-order chi connectivity index (χ1) is 16.0. The zero-order valence-electron chi connectivity index (χ0n) is 20.6. The second-order valence-corrected chi connectivity index (χ2v) is 12.3. The topological polar surface area (TPSA) is 86.8 Å². The molecular weight excluding hydrogens is 413 g/mol. The number of hydrogen-bond donors (Lipinski definition) is 3. The van der Waals surface area contributed by atoms with Crippen LogP contribution in [0.4, 0.5) is 0 Å². The first-order valence-electron chi connectivity index (χ1n) is 14.2. The molecule has 186 valence electrons. The van der Waals surface area contributed by atoms with Crippen molar-refractivity contribution in [3.05, 3.63) is 0 Å². The molecule has 0 aromatic rings. The van der Waals surface area contributed by atoms with Crippen molar-refractivity contribution in [3.63, 3.8) is 0 Å². The van der Waals surface area contributed by atoms with Crippen LogP contribution in [0, 0.1) is 29.6 Å². The number of nitrogens with zero attached hydrogens (tertiary/aromatic N) is 2. The number of amides is 1. The smallest absolute Gasteiger partial charge is 0.423 e. The quantitative estimate of drug-likeness (QED) is 0.445. The average molecular weight is 460 g/mol. The molecule has 1 spiro atoms. The number of nitrogens with two attached hydrogens (primary N) is 1. The van der Waals surface area contributed by atoms with Gasteiger partial charge in [0.25, 0.3) is 0 Å². The highest BCUT2D eigenvalue weighted by atomic mass is 16.4. The molecule has 0 aromatic heterocycles. The number of fused-ring (bicyclic) bond motifs is 2.